The van der Waals surface area contributed by atoms with Crippen molar-refractivity contribution < 1.29 is 0 Å². The van der Waals surface area contributed by atoms with Gasteiger partial charge < -0.3 is 9.80 Å². The highest BCUT2D eigenvalue weighted by molar-refractivity contribution is 7.33. The van der Waals surface area contributed by atoms with Gasteiger partial charge in [-0.25, -0.2) is 0 Å². The van der Waals surface area contributed by atoms with E-state index < -0.39 is 5.41 Å². The zero-order valence-corrected chi connectivity index (χ0v) is 45.1. The summed E-state index contributed by atoms with van der Waals surface area (Å²) in [6, 6.07) is 69.1. The molecule has 9 aromatic carbocycles. The molecule has 3 heterocycles. The van der Waals surface area contributed by atoms with Crippen molar-refractivity contribution in [2.45, 2.75) is 91.9 Å². The molecule has 4 heteroatoms. The summed E-state index contributed by atoms with van der Waals surface area (Å²) in [5, 5.41) is 1.31. The van der Waals surface area contributed by atoms with Crippen LogP contribution >= 0.6 is 11.3 Å². The maximum atomic E-state index is 2.65. The molecule has 74 heavy (non-hydrogen) atoms. The van der Waals surface area contributed by atoms with E-state index in [-0.39, 0.29) is 12.1 Å². The van der Waals surface area contributed by atoms with Crippen LogP contribution in [0.5, 0.6) is 0 Å². The van der Waals surface area contributed by atoms with Gasteiger partial charge in [0.05, 0.1) is 11.1 Å². The summed E-state index contributed by atoms with van der Waals surface area (Å²) in [5.41, 5.74) is 31.1. The molecule has 0 unspecified atom stereocenters. The normalized spacial score (nSPS) is 14.4. The van der Waals surface area contributed by atoms with Crippen LogP contribution in [0.4, 0.5) is 34.1 Å². The van der Waals surface area contributed by atoms with Crippen LogP contribution in [0.25, 0.3) is 43.5 Å². The molecule has 2 aliphatic carbocycles. The minimum atomic E-state index is -0.454. The van der Waals surface area contributed by atoms with Gasteiger partial charge in [-0.05, 0) is 193 Å². The van der Waals surface area contributed by atoms with E-state index in [1.54, 1.807) is 0 Å². The SMILES string of the molecule is Cc1cc2c3c(c1)N(c1ccc(C(C)C)cc1)c1c(sc4cc5c(cc14)-c1ccc(C(C)(C)C)cc1C51c4ccccc4-c4ccccc41)B3c1ccc(-c3c(C)cccc3C)cc1N2c1ccc(C(C)C)cc1. The third kappa shape index (κ3) is 6.24. The van der Waals surface area contributed by atoms with Crippen LogP contribution in [-0.4, -0.2) is 6.71 Å². The second-order valence-corrected chi connectivity index (χ2v) is 24.5. The standard InChI is InChI=1S/C70H61BN2S/c1-40(2)45-22-28-49(29-23-45)72-61-36-47(65-43(6)16-15-17-44(65)7)26-33-60(61)71-66-62(72)34-42(5)35-63(66)73(50-30-24-46(25-31-50)41(3)4)67-55-38-54-53-32-27-48(69(8,9)10)37-58(53)70(59(54)39-64(55)74-68(67)71)56-20-13-11-18-51(56)52-19-12-14-21-57(52)70/h11-41H,1-10H3. The summed E-state index contributed by atoms with van der Waals surface area (Å²) in [6.45, 7) is 23.0. The molecular weight excluding hydrogens is 912 g/mol. The third-order valence-corrected chi connectivity index (χ3v) is 18.5. The number of fused-ring (bicyclic) bond motifs is 16. The number of rotatable bonds is 5. The van der Waals surface area contributed by atoms with Crippen LogP contribution < -0.4 is 25.5 Å². The molecule has 14 rings (SSSR count). The van der Waals surface area contributed by atoms with E-state index in [0.29, 0.717) is 11.8 Å². The van der Waals surface area contributed by atoms with Gasteiger partial charge in [-0.15, -0.1) is 11.3 Å². The average Bonchev–Trinajstić information content (AvgIpc) is 4.04. The minimum absolute atomic E-state index is 0.00533. The first-order valence-corrected chi connectivity index (χ1v) is 27.6. The Morgan fingerprint density at radius 1 is 0.500 bits per heavy atom. The van der Waals surface area contributed by atoms with Crippen LogP contribution in [0, 0.1) is 20.8 Å². The topological polar surface area (TPSA) is 6.48 Å². The first-order valence-electron chi connectivity index (χ1n) is 26.8. The van der Waals surface area contributed by atoms with Crippen LogP contribution in [0.15, 0.2) is 176 Å². The summed E-state index contributed by atoms with van der Waals surface area (Å²) in [7, 11) is 0. The predicted molar refractivity (Wildman–Crippen MR) is 319 cm³/mol. The van der Waals surface area contributed by atoms with Crippen LogP contribution in [0.1, 0.15) is 116 Å². The summed E-state index contributed by atoms with van der Waals surface area (Å²) < 4.78 is 2.73. The van der Waals surface area contributed by atoms with Crippen molar-refractivity contribution in [2.24, 2.45) is 0 Å². The number of hydrogen-bond donors (Lipinski definition) is 0. The van der Waals surface area contributed by atoms with E-state index in [1.807, 2.05) is 11.3 Å². The van der Waals surface area contributed by atoms with Gasteiger partial charge in [-0.1, -0.05) is 170 Å². The molecule has 0 atom stereocenters. The van der Waals surface area contributed by atoms with Gasteiger partial charge in [0.25, 0.3) is 6.71 Å². The fourth-order valence-electron chi connectivity index (χ4n) is 13.7. The van der Waals surface area contributed by atoms with Crippen molar-refractivity contribution in [3.63, 3.8) is 0 Å². The van der Waals surface area contributed by atoms with Gasteiger partial charge in [-0.2, -0.15) is 0 Å². The van der Waals surface area contributed by atoms with Crippen molar-refractivity contribution in [3.05, 3.63) is 232 Å². The number of thiophene rings is 1. The van der Waals surface area contributed by atoms with Crippen LogP contribution in [-0.2, 0) is 10.8 Å². The molecule has 0 radical (unpaired) electrons. The van der Waals surface area contributed by atoms with E-state index in [2.05, 4.69) is 255 Å². The fourth-order valence-corrected chi connectivity index (χ4v) is 15.0. The Labute approximate surface area is 442 Å². The Balaban J connectivity index is 1.09. The number of hydrogen-bond acceptors (Lipinski definition) is 3. The van der Waals surface area contributed by atoms with Gasteiger partial charge in [-0.3, -0.25) is 0 Å². The summed E-state index contributed by atoms with van der Waals surface area (Å²) >= 11 is 2.02. The molecule has 2 aliphatic heterocycles. The van der Waals surface area contributed by atoms with E-state index in [9.17, 15) is 0 Å². The second kappa shape index (κ2) is 16.1. The lowest BCUT2D eigenvalue weighted by molar-refractivity contribution is 0.588. The molecule has 0 saturated carbocycles. The molecule has 0 amide bonds. The Morgan fingerprint density at radius 2 is 1.07 bits per heavy atom. The zero-order valence-electron chi connectivity index (χ0n) is 44.3. The lowest BCUT2D eigenvalue weighted by Crippen LogP contribution is -2.60. The monoisotopic (exact) mass is 972 g/mol. The number of aryl methyl sites for hydroxylation is 3. The van der Waals surface area contributed by atoms with Crippen molar-refractivity contribution in [1.82, 2.24) is 0 Å². The Morgan fingerprint density at radius 3 is 1.68 bits per heavy atom. The van der Waals surface area contributed by atoms with Gasteiger partial charge >= 0.3 is 0 Å². The molecule has 360 valence electrons. The predicted octanol–water partition coefficient (Wildman–Crippen LogP) is 17.5. The summed E-state index contributed by atoms with van der Waals surface area (Å²) in [6.07, 6.45) is 0. The van der Waals surface area contributed by atoms with E-state index >= 15 is 0 Å². The first-order chi connectivity index (χ1) is 35.7. The molecule has 4 aliphatic rings. The average molecular weight is 973 g/mol. The molecule has 1 aromatic heterocycles. The van der Waals surface area contributed by atoms with E-state index in [4.69, 9.17) is 0 Å². The van der Waals surface area contributed by atoms with Crippen LogP contribution in [0.3, 0.4) is 0 Å². The van der Waals surface area contributed by atoms with Gasteiger partial charge in [0.15, 0.2) is 0 Å². The fraction of sp³-hybridized carbons (Fsp3) is 0.200. The number of nitrogens with zero attached hydrogens (tertiary/aromatic N) is 2. The number of benzene rings is 9. The van der Waals surface area contributed by atoms with Crippen molar-refractivity contribution >= 4 is 78.0 Å². The molecule has 0 N–H and O–H groups in total. The molecule has 10 aromatic rings. The molecule has 0 fully saturated rings. The Bertz CT molecular complexity index is 3930. The summed E-state index contributed by atoms with van der Waals surface area (Å²) in [4.78, 5) is 5.24. The van der Waals surface area contributed by atoms with Gasteiger partial charge in [0.2, 0.25) is 0 Å². The highest BCUT2D eigenvalue weighted by Crippen LogP contribution is 2.64. The molecular formula is C70H61BN2S. The Kier molecular flexibility index (Phi) is 9.81. The van der Waals surface area contributed by atoms with E-state index in [0.717, 1.165) is 0 Å². The van der Waals surface area contributed by atoms with Crippen molar-refractivity contribution in [1.29, 1.82) is 0 Å². The molecule has 2 nitrogen and oxygen atoms in total. The Hall–Kier alpha value is -7.40. The first kappa shape index (κ1) is 45.2. The maximum absolute atomic E-state index is 2.65. The van der Waals surface area contributed by atoms with Crippen molar-refractivity contribution in [2.75, 3.05) is 9.80 Å². The maximum Gasteiger partial charge on any atom is 0.264 e. The molecule has 0 bridgehead atoms. The van der Waals surface area contributed by atoms with Gasteiger partial charge in [0, 0.05) is 43.3 Å². The minimum Gasteiger partial charge on any atom is -0.311 e. The largest absolute Gasteiger partial charge is 0.311 e. The zero-order chi connectivity index (χ0) is 50.7. The highest BCUT2D eigenvalue weighted by Gasteiger charge is 2.53. The lowest BCUT2D eigenvalue weighted by atomic mass is 9.36. The van der Waals surface area contributed by atoms with Crippen LogP contribution in [0.2, 0.25) is 0 Å². The van der Waals surface area contributed by atoms with E-state index in [1.165, 1.54) is 149 Å². The smallest absolute Gasteiger partial charge is 0.264 e. The quantitative estimate of drug-likeness (QED) is 0.159. The second-order valence-electron chi connectivity index (χ2n) is 23.4. The molecule has 1 spiro atoms. The molecule has 0 saturated heterocycles. The highest BCUT2D eigenvalue weighted by atomic mass is 32.1. The lowest BCUT2D eigenvalue weighted by Gasteiger charge is -2.43. The summed E-state index contributed by atoms with van der Waals surface area (Å²) in [5.74, 6) is 0.870. The number of anilines is 6. The van der Waals surface area contributed by atoms with Gasteiger partial charge in [0.1, 0.15) is 0 Å². The van der Waals surface area contributed by atoms with Crippen molar-refractivity contribution in [3.8, 4) is 33.4 Å². The third-order valence-electron chi connectivity index (χ3n) is 17.3.